The third kappa shape index (κ3) is 4.64. The molecule has 0 aliphatic heterocycles. The number of nitrogens with one attached hydrogen (secondary N) is 1. The van der Waals surface area contributed by atoms with E-state index >= 15 is 0 Å². The normalized spacial score (nSPS) is 15.6. The largest absolute Gasteiger partial charge is 0.349 e. The van der Waals surface area contributed by atoms with Crippen molar-refractivity contribution in [1.29, 1.82) is 0 Å². The van der Waals surface area contributed by atoms with E-state index in [4.69, 9.17) is 5.73 Å². The van der Waals surface area contributed by atoms with Gasteiger partial charge in [0.15, 0.2) is 0 Å². The Kier molecular flexibility index (Phi) is 4.65. The van der Waals surface area contributed by atoms with Gasteiger partial charge in [0.25, 0.3) is 0 Å². The van der Waals surface area contributed by atoms with Crippen molar-refractivity contribution in [2.75, 3.05) is 0 Å². The Labute approximate surface area is 122 Å². The topological polar surface area (TPSA) is 55.1 Å². The van der Waals surface area contributed by atoms with Gasteiger partial charge >= 0.3 is 0 Å². The van der Waals surface area contributed by atoms with E-state index in [1.54, 1.807) is 6.92 Å². The molecule has 1 unspecified atom stereocenters. The third-order valence-corrected chi connectivity index (χ3v) is 3.27. The second-order valence-electron chi connectivity index (χ2n) is 7.64. The summed E-state index contributed by atoms with van der Waals surface area (Å²) in [6.45, 7) is 12.3. The highest BCUT2D eigenvalue weighted by Gasteiger charge is 2.35. The average Bonchev–Trinajstić information content (AvgIpc) is 2.26. The third-order valence-electron chi connectivity index (χ3n) is 3.27. The van der Waals surface area contributed by atoms with Crippen molar-refractivity contribution >= 4 is 5.91 Å². The fourth-order valence-electron chi connectivity index (χ4n) is 2.72. The van der Waals surface area contributed by atoms with E-state index in [2.05, 4.69) is 26.1 Å². The first-order chi connectivity index (χ1) is 8.94. The van der Waals surface area contributed by atoms with Crippen molar-refractivity contribution in [3.8, 4) is 0 Å². The molecule has 1 rings (SSSR count). The van der Waals surface area contributed by atoms with Crippen LogP contribution >= 0.6 is 0 Å². The van der Waals surface area contributed by atoms with Crippen LogP contribution < -0.4 is 11.1 Å². The summed E-state index contributed by atoms with van der Waals surface area (Å²) >= 11 is 0. The van der Waals surface area contributed by atoms with Crippen molar-refractivity contribution in [2.45, 2.75) is 59.0 Å². The second-order valence-corrected chi connectivity index (χ2v) is 7.64. The van der Waals surface area contributed by atoms with Crippen molar-refractivity contribution in [2.24, 2.45) is 11.1 Å². The second kappa shape index (κ2) is 5.57. The van der Waals surface area contributed by atoms with Crippen LogP contribution in [0.25, 0.3) is 0 Å². The van der Waals surface area contributed by atoms with Crippen LogP contribution in [-0.4, -0.2) is 11.4 Å². The van der Waals surface area contributed by atoms with Gasteiger partial charge in [0.05, 0.1) is 0 Å². The van der Waals surface area contributed by atoms with Gasteiger partial charge in [0.2, 0.25) is 5.91 Å². The minimum Gasteiger partial charge on any atom is -0.349 e. The highest BCUT2D eigenvalue weighted by atomic mass is 16.2. The van der Waals surface area contributed by atoms with Crippen LogP contribution in [0.3, 0.4) is 0 Å². The van der Waals surface area contributed by atoms with Gasteiger partial charge in [-0.2, -0.15) is 0 Å². The van der Waals surface area contributed by atoms with E-state index in [1.807, 2.05) is 44.2 Å². The van der Waals surface area contributed by atoms with Crippen LogP contribution in [0, 0.1) is 5.41 Å². The van der Waals surface area contributed by atoms with Crippen molar-refractivity contribution in [3.63, 3.8) is 0 Å². The summed E-state index contributed by atoms with van der Waals surface area (Å²) in [7, 11) is 0. The number of hydrogen-bond donors (Lipinski definition) is 2. The van der Waals surface area contributed by atoms with Crippen LogP contribution in [0.1, 0.15) is 53.5 Å². The van der Waals surface area contributed by atoms with Gasteiger partial charge in [-0.25, -0.2) is 0 Å². The van der Waals surface area contributed by atoms with Crippen molar-refractivity contribution < 1.29 is 4.79 Å². The maximum Gasteiger partial charge on any atom is 0.244 e. The predicted molar refractivity (Wildman–Crippen MR) is 84.3 cm³/mol. The highest BCUT2D eigenvalue weighted by molar-refractivity contribution is 5.87. The molecule has 3 nitrogen and oxygen atoms in total. The summed E-state index contributed by atoms with van der Waals surface area (Å²) in [6, 6.07) is 9.48. The zero-order valence-corrected chi connectivity index (χ0v) is 13.6. The highest BCUT2D eigenvalue weighted by Crippen LogP contribution is 2.28. The zero-order valence-electron chi connectivity index (χ0n) is 13.6. The Morgan fingerprint density at radius 3 is 2.00 bits per heavy atom. The minimum absolute atomic E-state index is 0.141. The maximum absolute atomic E-state index is 12.5. The summed E-state index contributed by atoms with van der Waals surface area (Å²) in [5.41, 5.74) is 5.91. The lowest BCUT2D eigenvalue weighted by Gasteiger charge is -2.36. The lowest BCUT2D eigenvalue weighted by atomic mass is 9.81. The van der Waals surface area contributed by atoms with E-state index in [1.165, 1.54) is 0 Å². The SMILES string of the molecule is CC(C)(C)CC(C)(C)NC(=O)C(C)(N)c1ccccc1. The number of carbonyl (C=O) groups excluding carboxylic acids is 1. The quantitative estimate of drug-likeness (QED) is 0.887. The van der Waals surface area contributed by atoms with Crippen LogP contribution in [0.2, 0.25) is 0 Å². The number of rotatable bonds is 4. The lowest BCUT2D eigenvalue weighted by molar-refractivity contribution is -0.128. The fourth-order valence-corrected chi connectivity index (χ4v) is 2.72. The van der Waals surface area contributed by atoms with E-state index in [-0.39, 0.29) is 16.9 Å². The molecule has 1 amide bonds. The van der Waals surface area contributed by atoms with Crippen LogP contribution in [0.5, 0.6) is 0 Å². The summed E-state index contributed by atoms with van der Waals surface area (Å²) in [5, 5.41) is 3.09. The summed E-state index contributed by atoms with van der Waals surface area (Å²) < 4.78 is 0. The van der Waals surface area contributed by atoms with Gasteiger partial charge in [0, 0.05) is 5.54 Å². The standard InChI is InChI=1S/C17H28N2O/c1-15(2,3)12-16(4,5)19-14(20)17(6,18)13-10-8-7-9-11-13/h7-11H,12,18H2,1-6H3,(H,19,20). The first-order valence-corrected chi connectivity index (χ1v) is 7.11. The van der Waals surface area contributed by atoms with E-state index in [0.717, 1.165) is 12.0 Å². The molecule has 0 aliphatic rings. The number of carbonyl (C=O) groups is 1. The van der Waals surface area contributed by atoms with Gasteiger partial charge in [0.1, 0.15) is 5.54 Å². The Hall–Kier alpha value is -1.35. The smallest absolute Gasteiger partial charge is 0.244 e. The van der Waals surface area contributed by atoms with Crippen molar-refractivity contribution in [3.05, 3.63) is 35.9 Å². The van der Waals surface area contributed by atoms with E-state index < -0.39 is 5.54 Å². The number of benzene rings is 1. The van der Waals surface area contributed by atoms with Gasteiger partial charge in [-0.15, -0.1) is 0 Å². The van der Waals surface area contributed by atoms with Crippen LogP contribution in [-0.2, 0) is 10.3 Å². The first kappa shape index (κ1) is 16.7. The molecule has 0 saturated carbocycles. The molecule has 0 spiro atoms. The molecule has 3 heteroatoms. The molecule has 0 fully saturated rings. The molecule has 0 aromatic heterocycles. The fraction of sp³-hybridized carbons (Fsp3) is 0.588. The molecule has 0 heterocycles. The Bertz CT molecular complexity index is 456. The Morgan fingerprint density at radius 1 is 1.05 bits per heavy atom. The molecule has 0 saturated heterocycles. The number of nitrogens with two attached hydrogens (primary N) is 1. The van der Waals surface area contributed by atoms with Gasteiger partial charge in [-0.1, -0.05) is 51.1 Å². The van der Waals surface area contributed by atoms with Gasteiger partial charge in [-0.05, 0) is 38.2 Å². The molecular weight excluding hydrogens is 248 g/mol. The summed E-state index contributed by atoms with van der Waals surface area (Å²) in [6.07, 6.45) is 0.886. The molecule has 1 aromatic rings. The molecule has 20 heavy (non-hydrogen) atoms. The van der Waals surface area contributed by atoms with Crippen LogP contribution in [0.15, 0.2) is 30.3 Å². The molecular formula is C17H28N2O. The first-order valence-electron chi connectivity index (χ1n) is 7.11. The molecule has 1 aromatic carbocycles. The Balaban J connectivity index is 2.85. The number of amides is 1. The van der Waals surface area contributed by atoms with Gasteiger partial charge in [-0.3, -0.25) is 4.79 Å². The summed E-state index contributed by atoms with van der Waals surface area (Å²) in [4.78, 5) is 12.5. The predicted octanol–water partition coefficient (Wildman–Crippen LogP) is 3.19. The minimum atomic E-state index is -1.02. The monoisotopic (exact) mass is 276 g/mol. The molecule has 112 valence electrons. The van der Waals surface area contributed by atoms with E-state index in [9.17, 15) is 4.79 Å². The average molecular weight is 276 g/mol. The lowest BCUT2D eigenvalue weighted by Crippen LogP contribution is -2.56. The molecule has 0 radical (unpaired) electrons. The molecule has 0 aliphatic carbocycles. The molecule has 3 N–H and O–H groups in total. The summed E-state index contributed by atoms with van der Waals surface area (Å²) in [5.74, 6) is -0.141. The molecule has 1 atom stereocenters. The van der Waals surface area contributed by atoms with Gasteiger partial charge < -0.3 is 11.1 Å². The van der Waals surface area contributed by atoms with E-state index in [0.29, 0.717) is 0 Å². The van der Waals surface area contributed by atoms with Crippen LogP contribution in [0.4, 0.5) is 0 Å². The zero-order chi connectivity index (χ0) is 15.6. The molecule has 0 bridgehead atoms. The Morgan fingerprint density at radius 2 is 1.55 bits per heavy atom. The maximum atomic E-state index is 12.5. The number of hydrogen-bond acceptors (Lipinski definition) is 2. The van der Waals surface area contributed by atoms with Crippen molar-refractivity contribution in [1.82, 2.24) is 5.32 Å².